The summed E-state index contributed by atoms with van der Waals surface area (Å²) in [5.41, 5.74) is 7.29. The molecule has 3 heterocycles. The molecule has 4 aromatic rings. The molecule has 1 aromatic carbocycles. The molecule has 0 aliphatic rings. The van der Waals surface area contributed by atoms with Gasteiger partial charge in [-0.3, -0.25) is 9.78 Å². The number of carbonyl (C=O) groups excluding carboxylic acids is 1. The minimum Gasteiger partial charge on any atom is -0.370 e. The number of benzene rings is 1. The first-order valence-electron chi connectivity index (χ1n) is 8.54. The van der Waals surface area contributed by atoms with Crippen molar-refractivity contribution < 1.29 is 4.79 Å². The summed E-state index contributed by atoms with van der Waals surface area (Å²) < 4.78 is 1.95. The Morgan fingerprint density at radius 2 is 2.11 bits per heavy atom. The number of thiophene rings is 1. The van der Waals surface area contributed by atoms with Gasteiger partial charge < -0.3 is 10.3 Å². The summed E-state index contributed by atoms with van der Waals surface area (Å²) in [6.45, 7) is 0.442. The Morgan fingerprint density at radius 3 is 2.89 bits per heavy atom. The molecule has 0 aliphatic carbocycles. The van der Waals surface area contributed by atoms with Crippen molar-refractivity contribution in [3.8, 4) is 10.7 Å². The minimum absolute atomic E-state index is 0.232. The van der Waals surface area contributed by atoms with E-state index >= 15 is 0 Å². The average molecular weight is 430 g/mol. The van der Waals surface area contributed by atoms with E-state index in [2.05, 4.69) is 15.2 Å². The zero-order chi connectivity index (χ0) is 19.5. The molecule has 0 saturated heterocycles. The van der Waals surface area contributed by atoms with Crippen molar-refractivity contribution in [2.24, 2.45) is 5.73 Å². The summed E-state index contributed by atoms with van der Waals surface area (Å²) in [5, 5.41) is 13.0. The van der Waals surface area contributed by atoms with Crippen LogP contribution in [-0.2, 0) is 17.1 Å². The number of fused-ring (bicyclic) bond motifs is 1. The Balaban J connectivity index is 1.63. The van der Waals surface area contributed by atoms with Crippen molar-refractivity contribution in [1.29, 1.82) is 0 Å². The van der Waals surface area contributed by atoms with Crippen molar-refractivity contribution in [3.63, 3.8) is 0 Å². The molecule has 2 N–H and O–H groups in total. The summed E-state index contributed by atoms with van der Waals surface area (Å²) in [5.74, 6) is 1.05. The highest BCUT2D eigenvalue weighted by Gasteiger charge is 2.16. The number of thioether (sulfide) groups is 1. The number of rotatable bonds is 7. The number of halogens is 1. The predicted molar refractivity (Wildman–Crippen MR) is 113 cm³/mol. The van der Waals surface area contributed by atoms with Crippen LogP contribution in [0.25, 0.3) is 21.6 Å². The van der Waals surface area contributed by atoms with E-state index in [1.165, 1.54) is 0 Å². The SMILES string of the molecule is NC(=O)CCn1c(SCc2ccc(Cl)c3cccnc23)nnc1-c1cccs1. The van der Waals surface area contributed by atoms with E-state index in [9.17, 15) is 4.79 Å². The van der Waals surface area contributed by atoms with E-state index in [1.54, 1.807) is 29.3 Å². The Morgan fingerprint density at radius 1 is 1.21 bits per heavy atom. The van der Waals surface area contributed by atoms with Gasteiger partial charge in [0, 0.05) is 35.3 Å². The fourth-order valence-electron chi connectivity index (χ4n) is 2.86. The molecule has 0 unspecified atom stereocenters. The minimum atomic E-state index is -0.352. The summed E-state index contributed by atoms with van der Waals surface area (Å²) in [4.78, 5) is 16.8. The van der Waals surface area contributed by atoms with Crippen molar-refractivity contribution in [2.45, 2.75) is 23.9 Å². The zero-order valence-electron chi connectivity index (χ0n) is 14.7. The molecule has 4 rings (SSSR count). The Kier molecular flexibility index (Phi) is 5.61. The van der Waals surface area contributed by atoms with Gasteiger partial charge in [-0.15, -0.1) is 21.5 Å². The van der Waals surface area contributed by atoms with Crippen LogP contribution in [0.3, 0.4) is 0 Å². The van der Waals surface area contributed by atoms with Crippen LogP contribution in [0.15, 0.2) is 53.1 Å². The van der Waals surface area contributed by atoms with Crippen molar-refractivity contribution >= 4 is 51.5 Å². The quantitative estimate of drug-likeness (QED) is 0.440. The second-order valence-electron chi connectivity index (χ2n) is 6.05. The van der Waals surface area contributed by atoms with E-state index in [1.807, 2.05) is 46.3 Å². The summed E-state index contributed by atoms with van der Waals surface area (Å²) in [6, 6.07) is 11.7. The number of carbonyl (C=O) groups is 1. The van der Waals surface area contributed by atoms with Crippen molar-refractivity contribution in [1.82, 2.24) is 19.7 Å². The van der Waals surface area contributed by atoms with Gasteiger partial charge in [0.25, 0.3) is 0 Å². The molecular weight excluding hydrogens is 414 g/mol. The van der Waals surface area contributed by atoms with E-state index in [0.717, 1.165) is 32.3 Å². The van der Waals surface area contributed by atoms with E-state index in [4.69, 9.17) is 17.3 Å². The average Bonchev–Trinajstić information content (AvgIpc) is 3.35. The first-order chi connectivity index (χ1) is 13.6. The largest absolute Gasteiger partial charge is 0.370 e. The molecule has 0 spiro atoms. The molecular formula is C19H16ClN5OS2. The monoisotopic (exact) mass is 429 g/mol. The van der Waals surface area contributed by atoms with Crippen LogP contribution in [0.1, 0.15) is 12.0 Å². The number of nitrogens with zero attached hydrogens (tertiary/aromatic N) is 4. The number of pyridine rings is 1. The van der Waals surface area contributed by atoms with Crippen molar-refractivity contribution in [3.05, 3.63) is 58.6 Å². The van der Waals surface area contributed by atoms with Crippen LogP contribution in [0.2, 0.25) is 5.02 Å². The zero-order valence-corrected chi connectivity index (χ0v) is 17.1. The van der Waals surface area contributed by atoms with Crippen LogP contribution in [0.5, 0.6) is 0 Å². The lowest BCUT2D eigenvalue weighted by Crippen LogP contribution is -2.14. The number of aromatic nitrogens is 4. The maximum Gasteiger partial charge on any atom is 0.219 e. The van der Waals surface area contributed by atoms with Gasteiger partial charge in [0.15, 0.2) is 11.0 Å². The number of nitrogens with two attached hydrogens (primary N) is 1. The van der Waals surface area contributed by atoms with E-state index < -0.39 is 0 Å². The first kappa shape index (κ1) is 18.9. The fourth-order valence-corrected chi connectivity index (χ4v) is 4.74. The Hall–Kier alpha value is -2.42. The third-order valence-electron chi connectivity index (χ3n) is 4.20. The highest BCUT2D eigenvalue weighted by Crippen LogP contribution is 2.32. The molecule has 28 heavy (non-hydrogen) atoms. The highest BCUT2D eigenvalue weighted by atomic mass is 35.5. The first-order valence-corrected chi connectivity index (χ1v) is 10.8. The van der Waals surface area contributed by atoms with Crippen LogP contribution in [-0.4, -0.2) is 25.7 Å². The van der Waals surface area contributed by atoms with Gasteiger partial charge in [-0.1, -0.05) is 35.5 Å². The van der Waals surface area contributed by atoms with Crippen LogP contribution in [0.4, 0.5) is 0 Å². The van der Waals surface area contributed by atoms with E-state index in [0.29, 0.717) is 17.3 Å². The van der Waals surface area contributed by atoms with Gasteiger partial charge in [-0.2, -0.15) is 0 Å². The second kappa shape index (κ2) is 8.30. The summed E-state index contributed by atoms with van der Waals surface area (Å²) in [6.07, 6.45) is 1.99. The molecule has 9 heteroatoms. The molecule has 142 valence electrons. The van der Waals surface area contributed by atoms with Gasteiger partial charge in [0.1, 0.15) is 0 Å². The van der Waals surface area contributed by atoms with Gasteiger partial charge in [0.2, 0.25) is 5.91 Å². The van der Waals surface area contributed by atoms with Gasteiger partial charge in [-0.05, 0) is 35.2 Å². The number of primary amides is 1. The van der Waals surface area contributed by atoms with Crippen molar-refractivity contribution in [2.75, 3.05) is 0 Å². The molecule has 3 aromatic heterocycles. The van der Waals surface area contributed by atoms with Crippen LogP contribution in [0, 0.1) is 0 Å². The standard InChI is InChI=1S/C19H16ClN5OS2/c20-14-6-5-12(17-13(14)3-1-8-22-17)11-28-19-24-23-18(15-4-2-10-27-15)25(19)9-7-16(21)26/h1-6,8,10H,7,9,11H2,(H2,21,26). The molecule has 0 bridgehead atoms. The smallest absolute Gasteiger partial charge is 0.219 e. The normalized spacial score (nSPS) is 11.2. The highest BCUT2D eigenvalue weighted by molar-refractivity contribution is 7.98. The molecule has 0 saturated carbocycles. The van der Waals surface area contributed by atoms with E-state index in [-0.39, 0.29) is 12.3 Å². The van der Waals surface area contributed by atoms with Crippen LogP contribution >= 0.6 is 34.7 Å². The number of hydrogen-bond donors (Lipinski definition) is 1. The van der Waals surface area contributed by atoms with Gasteiger partial charge in [0.05, 0.1) is 10.4 Å². The molecule has 0 radical (unpaired) electrons. The summed E-state index contributed by atoms with van der Waals surface area (Å²) >= 11 is 9.42. The number of amides is 1. The maximum absolute atomic E-state index is 11.3. The third kappa shape index (κ3) is 3.89. The fraction of sp³-hybridized carbons (Fsp3) is 0.158. The molecule has 0 atom stereocenters. The lowest BCUT2D eigenvalue weighted by atomic mass is 10.1. The number of hydrogen-bond acceptors (Lipinski definition) is 6. The molecule has 6 nitrogen and oxygen atoms in total. The second-order valence-corrected chi connectivity index (χ2v) is 8.34. The van der Waals surface area contributed by atoms with Gasteiger partial charge >= 0.3 is 0 Å². The molecule has 0 fully saturated rings. The predicted octanol–water partition coefficient (Wildman–Crippen LogP) is 4.38. The summed E-state index contributed by atoms with van der Waals surface area (Å²) in [7, 11) is 0. The molecule has 0 aliphatic heterocycles. The molecule has 1 amide bonds. The lowest BCUT2D eigenvalue weighted by molar-refractivity contribution is -0.118. The Labute approximate surface area is 174 Å². The maximum atomic E-state index is 11.3. The van der Waals surface area contributed by atoms with Gasteiger partial charge in [-0.25, -0.2) is 0 Å². The topological polar surface area (TPSA) is 86.7 Å². The Bertz CT molecular complexity index is 1130. The third-order valence-corrected chi connectivity index (χ3v) is 6.41. The lowest BCUT2D eigenvalue weighted by Gasteiger charge is -2.09. The van der Waals surface area contributed by atoms with Crippen LogP contribution < -0.4 is 5.73 Å².